The average Bonchev–Trinajstić information content (AvgIpc) is 2.63. The Bertz CT molecular complexity index is 818. The monoisotopic (exact) mass is 496 g/mol. The fraction of sp³-hybridized carbons (Fsp3) is 0. The molecule has 5 nitrogen and oxygen atoms in total. The topological polar surface area (TPSA) is 86.9 Å². The SMILES string of the molecule is N#Cc1ccccc1-c1ccccn1.O=C(O)c1ccccn1.[Ir]. The minimum atomic E-state index is -0.990. The third kappa shape index (κ3) is 5.40. The van der Waals surface area contributed by atoms with Crippen LogP contribution in [0.15, 0.2) is 73.1 Å². The number of nitriles is 1. The van der Waals surface area contributed by atoms with Crippen molar-refractivity contribution in [2.75, 3.05) is 0 Å². The van der Waals surface area contributed by atoms with Gasteiger partial charge in [-0.05, 0) is 30.3 Å². The molecule has 0 aliphatic rings. The quantitative estimate of drug-likeness (QED) is 0.589. The van der Waals surface area contributed by atoms with E-state index < -0.39 is 5.97 Å². The largest absolute Gasteiger partial charge is 0.477 e. The Morgan fingerprint density at radius 3 is 2.04 bits per heavy atom. The first-order valence-corrected chi connectivity index (χ1v) is 6.77. The van der Waals surface area contributed by atoms with Crippen LogP contribution in [-0.2, 0) is 20.1 Å². The molecule has 6 heteroatoms. The molecule has 121 valence electrons. The Labute approximate surface area is 153 Å². The van der Waals surface area contributed by atoms with Crippen molar-refractivity contribution in [3.8, 4) is 17.3 Å². The van der Waals surface area contributed by atoms with E-state index in [0.29, 0.717) is 5.56 Å². The minimum Gasteiger partial charge on any atom is -0.477 e. The van der Waals surface area contributed by atoms with E-state index in [1.54, 1.807) is 24.4 Å². The van der Waals surface area contributed by atoms with E-state index in [4.69, 9.17) is 10.4 Å². The molecule has 0 spiro atoms. The summed E-state index contributed by atoms with van der Waals surface area (Å²) < 4.78 is 0. The van der Waals surface area contributed by atoms with Crippen molar-refractivity contribution >= 4 is 5.97 Å². The van der Waals surface area contributed by atoms with Crippen LogP contribution in [0.1, 0.15) is 16.1 Å². The van der Waals surface area contributed by atoms with Crippen LogP contribution >= 0.6 is 0 Å². The molecule has 0 amide bonds. The molecule has 1 N–H and O–H groups in total. The van der Waals surface area contributed by atoms with Crippen LogP contribution in [0.5, 0.6) is 0 Å². The molecule has 24 heavy (non-hydrogen) atoms. The fourth-order valence-electron chi connectivity index (χ4n) is 1.82. The summed E-state index contributed by atoms with van der Waals surface area (Å²) >= 11 is 0. The van der Waals surface area contributed by atoms with Crippen molar-refractivity contribution in [2.24, 2.45) is 0 Å². The number of hydrogen-bond donors (Lipinski definition) is 1. The minimum absolute atomic E-state index is 0. The normalized spacial score (nSPS) is 8.79. The van der Waals surface area contributed by atoms with Gasteiger partial charge in [-0.25, -0.2) is 9.78 Å². The summed E-state index contributed by atoms with van der Waals surface area (Å²) in [6, 6.07) is 20.0. The molecule has 0 aliphatic heterocycles. The molecule has 2 aromatic heterocycles. The van der Waals surface area contributed by atoms with Crippen molar-refractivity contribution < 1.29 is 30.0 Å². The second kappa shape index (κ2) is 10.0. The van der Waals surface area contributed by atoms with Gasteiger partial charge in [-0.15, -0.1) is 0 Å². The molecule has 0 aliphatic carbocycles. The van der Waals surface area contributed by atoms with Crippen LogP contribution in [0.3, 0.4) is 0 Å². The van der Waals surface area contributed by atoms with Crippen LogP contribution < -0.4 is 0 Å². The van der Waals surface area contributed by atoms with Crippen molar-refractivity contribution in [1.82, 2.24) is 9.97 Å². The van der Waals surface area contributed by atoms with Gasteiger partial charge < -0.3 is 5.11 Å². The van der Waals surface area contributed by atoms with Crippen molar-refractivity contribution in [3.63, 3.8) is 0 Å². The molecule has 0 saturated carbocycles. The first kappa shape index (κ1) is 19.2. The summed E-state index contributed by atoms with van der Waals surface area (Å²) in [5.74, 6) is -0.990. The summed E-state index contributed by atoms with van der Waals surface area (Å²) in [5, 5.41) is 17.2. The molecule has 0 bridgehead atoms. The van der Waals surface area contributed by atoms with Gasteiger partial charge in [0.2, 0.25) is 0 Å². The maximum absolute atomic E-state index is 10.1. The van der Waals surface area contributed by atoms with E-state index in [-0.39, 0.29) is 25.8 Å². The zero-order valence-corrected chi connectivity index (χ0v) is 14.9. The Hall–Kier alpha value is -2.87. The molecular weight excluding hydrogens is 482 g/mol. The van der Waals surface area contributed by atoms with Crippen molar-refractivity contribution in [3.05, 3.63) is 84.3 Å². The number of nitrogens with zero attached hydrogens (tertiary/aromatic N) is 3. The van der Waals surface area contributed by atoms with E-state index in [2.05, 4.69) is 16.0 Å². The van der Waals surface area contributed by atoms with E-state index >= 15 is 0 Å². The molecule has 2 heterocycles. The standard InChI is InChI=1S/C12H8N2.C6H5NO2.Ir/c13-9-10-5-1-2-6-11(10)12-7-3-4-8-14-12;8-6(9)5-3-1-2-4-7-5;/h1-8H;1-4H,(H,8,9);. The van der Waals surface area contributed by atoms with Gasteiger partial charge in [-0.3, -0.25) is 4.98 Å². The maximum atomic E-state index is 10.1. The Morgan fingerprint density at radius 1 is 0.917 bits per heavy atom. The van der Waals surface area contributed by atoms with Gasteiger partial charge in [0.1, 0.15) is 5.69 Å². The zero-order valence-electron chi connectivity index (χ0n) is 12.5. The fourth-order valence-corrected chi connectivity index (χ4v) is 1.82. The van der Waals surface area contributed by atoms with E-state index in [0.717, 1.165) is 11.3 Å². The molecule has 0 atom stereocenters. The van der Waals surface area contributed by atoms with Gasteiger partial charge in [-0.2, -0.15) is 5.26 Å². The van der Waals surface area contributed by atoms with Crippen LogP contribution in [0, 0.1) is 11.3 Å². The zero-order chi connectivity index (χ0) is 16.5. The number of aromatic nitrogens is 2. The number of carboxylic acid groups (broad SMARTS) is 1. The molecular formula is C18H13IrN3O2. The molecule has 0 fully saturated rings. The summed E-state index contributed by atoms with van der Waals surface area (Å²) in [6.45, 7) is 0. The summed E-state index contributed by atoms with van der Waals surface area (Å²) in [6.07, 6.45) is 3.17. The average molecular weight is 496 g/mol. The van der Waals surface area contributed by atoms with Crippen LogP contribution in [0.2, 0.25) is 0 Å². The number of carbonyl (C=O) groups is 1. The van der Waals surface area contributed by atoms with Crippen LogP contribution in [0.25, 0.3) is 11.3 Å². The Morgan fingerprint density at radius 2 is 1.54 bits per heavy atom. The molecule has 0 saturated heterocycles. The third-order valence-corrected chi connectivity index (χ3v) is 2.87. The predicted molar refractivity (Wildman–Crippen MR) is 85.6 cm³/mol. The summed E-state index contributed by atoms with van der Waals surface area (Å²) in [4.78, 5) is 17.9. The first-order chi connectivity index (χ1) is 11.2. The van der Waals surface area contributed by atoms with Crippen LogP contribution in [0.4, 0.5) is 0 Å². The Balaban J connectivity index is 0.000000252. The summed E-state index contributed by atoms with van der Waals surface area (Å²) in [5.41, 5.74) is 2.46. The molecule has 3 rings (SSSR count). The molecule has 1 aromatic carbocycles. The van der Waals surface area contributed by atoms with Crippen molar-refractivity contribution in [2.45, 2.75) is 0 Å². The maximum Gasteiger partial charge on any atom is 0.354 e. The molecule has 0 unspecified atom stereocenters. The van der Waals surface area contributed by atoms with Gasteiger partial charge in [0.25, 0.3) is 0 Å². The second-order valence-electron chi connectivity index (χ2n) is 4.39. The third-order valence-electron chi connectivity index (χ3n) is 2.87. The number of carboxylic acids is 1. The number of aromatic carboxylic acids is 1. The molecule has 3 aromatic rings. The van der Waals surface area contributed by atoms with E-state index in [1.807, 2.05) is 36.4 Å². The van der Waals surface area contributed by atoms with Gasteiger partial charge >= 0.3 is 5.97 Å². The van der Waals surface area contributed by atoms with Gasteiger partial charge in [-0.1, -0.05) is 30.3 Å². The number of rotatable bonds is 2. The number of benzene rings is 1. The Kier molecular flexibility index (Phi) is 8.00. The predicted octanol–water partition coefficient (Wildman–Crippen LogP) is 3.40. The molecule has 1 radical (unpaired) electrons. The van der Waals surface area contributed by atoms with Crippen LogP contribution in [-0.4, -0.2) is 21.0 Å². The first-order valence-electron chi connectivity index (χ1n) is 6.77. The number of pyridine rings is 2. The van der Waals surface area contributed by atoms with E-state index in [1.165, 1.54) is 12.3 Å². The van der Waals surface area contributed by atoms with Gasteiger partial charge in [0.15, 0.2) is 0 Å². The van der Waals surface area contributed by atoms with Crippen molar-refractivity contribution in [1.29, 1.82) is 5.26 Å². The summed E-state index contributed by atoms with van der Waals surface area (Å²) in [7, 11) is 0. The smallest absolute Gasteiger partial charge is 0.354 e. The van der Waals surface area contributed by atoms with Gasteiger partial charge in [0, 0.05) is 38.1 Å². The van der Waals surface area contributed by atoms with E-state index in [9.17, 15) is 4.79 Å². The number of hydrogen-bond acceptors (Lipinski definition) is 4. The second-order valence-corrected chi connectivity index (χ2v) is 4.39. The van der Waals surface area contributed by atoms with Gasteiger partial charge in [0.05, 0.1) is 17.3 Å².